The van der Waals surface area contributed by atoms with E-state index in [-0.39, 0.29) is 6.04 Å². The number of benzene rings is 1. The molecule has 3 nitrogen and oxygen atoms in total. The summed E-state index contributed by atoms with van der Waals surface area (Å²) >= 11 is 0. The van der Waals surface area contributed by atoms with Crippen LogP contribution in [0.1, 0.15) is 18.5 Å². The molecule has 0 saturated carbocycles. The number of rotatable bonds is 4. The van der Waals surface area contributed by atoms with Crippen molar-refractivity contribution < 1.29 is 8.85 Å². The van der Waals surface area contributed by atoms with Crippen LogP contribution in [0.15, 0.2) is 24.3 Å². The van der Waals surface area contributed by atoms with Gasteiger partial charge in [-0.05, 0) is 17.7 Å². The van der Waals surface area contributed by atoms with E-state index in [9.17, 15) is 0 Å². The summed E-state index contributed by atoms with van der Waals surface area (Å²) in [5.41, 5.74) is 6.99. The molecule has 14 heavy (non-hydrogen) atoms. The quantitative estimate of drug-likeness (QED) is 0.734. The molecule has 78 valence electrons. The zero-order valence-electron chi connectivity index (χ0n) is 8.86. The fraction of sp³-hybridized carbons (Fsp3) is 0.400. The second kappa shape index (κ2) is 5.26. The van der Waals surface area contributed by atoms with Crippen LogP contribution in [0.4, 0.5) is 0 Å². The van der Waals surface area contributed by atoms with Gasteiger partial charge in [0.1, 0.15) is 0 Å². The molecule has 0 radical (unpaired) electrons. The summed E-state index contributed by atoms with van der Waals surface area (Å²) in [7, 11) is 1.63. The first-order chi connectivity index (χ1) is 6.70. The minimum absolute atomic E-state index is 0.0199. The van der Waals surface area contributed by atoms with E-state index in [1.807, 2.05) is 31.2 Å². The maximum Gasteiger partial charge on any atom is 0.355 e. The van der Waals surface area contributed by atoms with Crippen molar-refractivity contribution in [2.24, 2.45) is 5.73 Å². The Morgan fingerprint density at radius 2 is 1.79 bits per heavy atom. The molecule has 1 aromatic carbocycles. The normalized spacial score (nSPS) is 13.2. The fourth-order valence-corrected chi connectivity index (χ4v) is 3.09. The third-order valence-corrected chi connectivity index (χ3v) is 4.06. The van der Waals surface area contributed by atoms with Crippen molar-refractivity contribution in [1.29, 1.82) is 0 Å². The Morgan fingerprint density at radius 3 is 2.29 bits per heavy atom. The number of nitrogens with two attached hydrogens (primary N) is 1. The molecule has 0 fully saturated rings. The summed E-state index contributed by atoms with van der Waals surface area (Å²) in [5, 5.41) is 1.13. The third kappa shape index (κ3) is 2.42. The second-order valence-electron chi connectivity index (χ2n) is 3.22. The second-order valence-corrected chi connectivity index (χ2v) is 5.45. The van der Waals surface area contributed by atoms with Crippen LogP contribution in [0.25, 0.3) is 0 Å². The monoisotopic (exact) mass is 211 g/mol. The lowest BCUT2D eigenvalue weighted by Gasteiger charge is -2.17. The molecule has 1 rings (SSSR count). The van der Waals surface area contributed by atoms with Gasteiger partial charge in [0.2, 0.25) is 0 Å². The molecule has 1 unspecified atom stereocenters. The van der Waals surface area contributed by atoms with Gasteiger partial charge in [0.05, 0.1) is 0 Å². The highest BCUT2D eigenvalue weighted by Gasteiger charge is 2.18. The van der Waals surface area contributed by atoms with Crippen molar-refractivity contribution in [2.45, 2.75) is 13.0 Å². The molecule has 1 atom stereocenters. The number of hydrogen-bond acceptors (Lipinski definition) is 3. The van der Waals surface area contributed by atoms with E-state index in [1.165, 1.54) is 0 Å². The maximum atomic E-state index is 5.87. The van der Waals surface area contributed by atoms with Gasteiger partial charge in [0.25, 0.3) is 0 Å². The van der Waals surface area contributed by atoms with Crippen molar-refractivity contribution >= 4 is 14.5 Å². The largest absolute Gasteiger partial charge is 0.397 e. The molecule has 0 aromatic heterocycles. The molecule has 0 aliphatic heterocycles. The number of hydrogen-bond donors (Lipinski definition) is 1. The molecule has 1 aromatic rings. The summed E-state index contributed by atoms with van der Waals surface area (Å²) in [6.07, 6.45) is 0. The maximum absolute atomic E-state index is 5.87. The van der Waals surface area contributed by atoms with E-state index in [4.69, 9.17) is 14.6 Å². The average molecular weight is 211 g/mol. The van der Waals surface area contributed by atoms with Crippen LogP contribution in [0, 0.1) is 0 Å². The first kappa shape index (κ1) is 11.4. The van der Waals surface area contributed by atoms with Crippen LogP contribution >= 0.6 is 0 Å². The molecule has 0 saturated heterocycles. The van der Waals surface area contributed by atoms with Crippen molar-refractivity contribution in [3.05, 3.63) is 29.8 Å². The molecule has 0 aliphatic carbocycles. The Kier molecular flexibility index (Phi) is 4.28. The van der Waals surface area contributed by atoms with Crippen molar-refractivity contribution in [3.8, 4) is 0 Å². The Balaban J connectivity index is 3.05. The standard InChI is InChI=1S/C10H17NO2Si/c1-8(11)9-6-4-5-7-10(9)14(12-2)13-3/h4-8,14H,11H2,1-3H3. The van der Waals surface area contributed by atoms with Crippen LogP contribution in [0.2, 0.25) is 0 Å². The minimum atomic E-state index is -1.73. The predicted octanol–water partition coefficient (Wildman–Crippen LogP) is 0.427. The van der Waals surface area contributed by atoms with Gasteiger partial charge in [-0.3, -0.25) is 0 Å². The van der Waals surface area contributed by atoms with Gasteiger partial charge in [0.15, 0.2) is 0 Å². The van der Waals surface area contributed by atoms with Gasteiger partial charge in [-0.1, -0.05) is 24.3 Å². The Hall–Kier alpha value is -0.683. The molecule has 0 aliphatic rings. The van der Waals surface area contributed by atoms with E-state index < -0.39 is 9.28 Å². The van der Waals surface area contributed by atoms with E-state index in [0.717, 1.165) is 10.8 Å². The minimum Gasteiger partial charge on any atom is -0.397 e. The smallest absolute Gasteiger partial charge is 0.355 e. The summed E-state index contributed by atoms with van der Waals surface area (Å²) in [6.45, 7) is 1.97. The summed E-state index contributed by atoms with van der Waals surface area (Å²) in [4.78, 5) is 0. The molecule has 4 heteroatoms. The zero-order valence-corrected chi connectivity index (χ0v) is 10.0. The third-order valence-electron chi connectivity index (χ3n) is 2.17. The first-order valence-electron chi connectivity index (χ1n) is 4.60. The zero-order chi connectivity index (χ0) is 10.6. The topological polar surface area (TPSA) is 44.5 Å². The molecule has 0 heterocycles. The Labute approximate surface area is 86.7 Å². The lowest BCUT2D eigenvalue weighted by molar-refractivity contribution is 0.291. The van der Waals surface area contributed by atoms with E-state index in [2.05, 4.69) is 0 Å². The van der Waals surface area contributed by atoms with Crippen molar-refractivity contribution in [3.63, 3.8) is 0 Å². The van der Waals surface area contributed by atoms with Crippen LogP contribution in [-0.2, 0) is 8.85 Å². The summed E-state index contributed by atoms with van der Waals surface area (Å²) < 4.78 is 10.7. The van der Waals surface area contributed by atoms with Gasteiger partial charge in [0, 0.05) is 20.3 Å². The highest BCUT2D eigenvalue weighted by atomic mass is 28.3. The predicted molar refractivity (Wildman–Crippen MR) is 59.8 cm³/mol. The van der Waals surface area contributed by atoms with Gasteiger partial charge in [-0.25, -0.2) is 0 Å². The average Bonchev–Trinajstić information content (AvgIpc) is 2.20. The highest BCUT2D eigenvalue weighted by molar-refractivity contribution is 6.61. The lowest BCUT2D eigenvalue weighted by Crippen LogP contribution is -2.38. The van der Waals surface area contributed by atoms with Gasteiger partial charge >= 0.3 is 9.28 Å². The molecular weight excluding hydrogens is 194 g/mol. The van der Waals surface area contributed by atoms with E-state index >= 15 is 0 Å². The van der Waals surface area contributed by atoms with Gasteiger partial charge in [-0.2, -0.15) is 0 Å². The highest BCUT2D eigenvalue weighted by Crippen LogP contribution is 2.07. The molecular formula is C10H17NO2Si. The van der Waals surface area contributed by atoms with E-state index in [1.54, 1.807) is 14.2 Å². The lowest BCUT2D eigenvalue weighted by atomic mass is 10.1. The van der Waals surface area contributed by atoms with Crippen LogP contribution in [-0.4, -0.2) is 23.5 Å². The Morgan fingerprint density at radius 1 is 1.21 bits per heavy atom. The van der Waals surface area contributed by atoms with Crippen molar-refractivity contribution in [1.82, 2.24) is 0 Å². The summed E-state index contributed by atoms with van der Waals surface area (Å²) in [5.74, 6) is 0. The molecule has 2 N–H and O–H groups in total. The van der Waals surface area contributed by atoms with Crippen LogP contribution in [0.3, 0.4) is 0 Å². The molecule has 0 bridgehead atoms. The molecule has 0 spiro atoms. The van der Waals surface area contributed by atoms with E-state index in [0.29, 0.717) is 0 Å². The van der Waals surface area contributed by atoms with Crippen LogP contribution < -0.4 is 10.9 Å². The first-order valence-corrected chi connectivity index (χ1v) is 6.12. The van der Waals surface area contributed by atoms with Crippen LogP contribution in [0.5, 0.6) is 0 Å². The van der Waals surface area contributed by atoms with Gasteiger partial charge < -0.3 is 14.6 Å². The molecule has 0 amide bonds. The fourth-order valence-electron chi connectivity index (χ4n) is 1.49. The van der Waals surface area contributed by atoms with Crippen molar-refractivity contribution in [2.75, 3.05) is 14.2 Å². The van der Waals surface area contributed by atoms with Gasteiger partial charge in [-0.15, -0.1) is 0 Å². The Bertz CT molecular complexity index is 287. The summed E-state index contributed by atoms with van der Waals surface area (Å²) in [6, 6.07) is 8.05. The SMILES string of the molecule is CO[SiH](OC)c1ccccc1C(C)N.